The molecule has 0 spiro atoms. The first-order valence-electron chi connectivity index (χ1n) is 3.93. The van der Waals surface area contributed by atoms with E-state index in [1.54, 1.807) is 0 Å². The van der Waals surface area contributed by atoms with Crippen molar-refractivity contribution in [2.45, 2.75) is 32.6 Å². The van der Waals surface area contributed by atoms with Crippen molar-refractivity contribution >= 4 is 5.97 Å². The van der Waals surface area contributed by atoms with Gasteiger partial charge >= 0.3 is 5.97 Å². The number of hydrogen-bond acceptors (Lipinski definition) is 1. The van der Waals surface area contributed by atoms with Crippen LogP contribution in [0.15, 0.2) is 0 Å². The number of rotatable bonds is 1. The van der Waals surface area contributed by atoms with Crippen LogP contribution in [0, 0.1) is 11.8 Å². The van der Waals surface area contributed by atoms with E-state index in [1.165, 1.54) is 6.42 Å². The lowest BCUT2D eigenvalue weighted by atomic mass is 9.83. The highest BCUT2D eigenvalue weighted by atomic mass is 16.4. The van der Waals surface area contributed by atoms with Gasteiger partial charge in [0.2, 0.25) is 0 Å². The van der Waals surface area contributed by atoms with E-state index >= 15 is 0 Å². The first kappa shape index (κ1) is 7.58. The molecular formula is C8H14O2. The SMILES string of the molecule is C[C@@H]1CCC[C@@H](C(=O)O)C1. The second kappa shape index (κ2) is 3.04. The van der Waals surface area contributed by atoms with Crippen molar-refractivity contribution in [2.75, 3.05) is 0 Å². The molecule has 0 amide bonds. The Hall–Kier alpha value is -0.530. The first-order valence-corrected chi connectivity index (χ1v) is 3.93. The van der Waals surface area contributed by atoms with Gasteiger partial charge in [0, 0.05) is 0 Å². The normalized spacial score (nSPS) is 33.7. The van der Waals surface area contributed by atoms with Crippen LogP contribution in [0.2, 0.25) is 0 Å². The van der Waals surface area contributed by atoms with Crippen LogP contribution in [-0.4, -0.2) is 11.1 Å². The lowest BCUT2D eigenvalue weighted by Gasteiger charge is -2.22. The third-order valence-electron chi connectivity index (χ3n) is 2.29. The van der Waals surface area contributed by atoms with Crippen LogP contribution in [0.3, 0.4) is 0 Å². The van der Waals surface area contributed by atoms with Crippen molar-refractivity contribution in [1.82, 2.24) is 0 Å². The minimum absolute atomic E-state index is 0.0521. The molecule has 0 aromatic rings. The lowest BCUT2D eigenvalue weighted by molar-refractivity contribution is -0.143. The molecule has 0 aromatic carbocycles. The van der Waals surface area contributed by atoms with E-state index in [0.717, 1.165) is 19.3 Å². The van der Waals surface area contributed by atoms with Gasteiger partial charge in [0.05, 0.1) is 5.92 Å². The van der Waals surface area contributed by atoms with Crippen LogP contribution in [0.5, 0.6) is 0 Å². The van der Waals surface area contributed by atoms with Crippen LogP contribution < -0.4 is 0 Å². The predicted octanol–water partition coefficient (Wildman–Crippen LogP) is 1.90. The molecule has 2 heteroatoms. The van der Waals surface area contributed by atoms with Gasteiger partial charge in [-0.3, -0.25) is 4.79 Å². The van der Waals surface area contributed by atoms with Gasteiger partial charge < -0.3 is 5.11 Å². The summed E-state index contributed by atoms with van der Waals surface area (Å²) in [6.07, 6.45) is 4.08. The molecule has 1 rings (SSSR count). The van der Waals surface area contributed by atoms with E-state index < -0.39 is 5.97 Å². The van der Waals surface area contributed by atoms with E-state index in [4.69, 9.17) is 5.11 Å². The summed E-state index contributed by atoms with van der Waals surface area (Å²) in [6.45, 7) is 2.13. The Kier molecular flexibility index (Phi) is 2.30. The maximum atomic E-state index is 10.5. The number of aliphatic carboxylic acids is 1. The molecule has 0 radical (unpaired) electrons. The number of carbonyl (C=O) groups is 1. The van der Waals surface area contributed by atoms with E-state index in [-0.39, 0.29) is 5.92 Å². The highest BCUT2D eigenvalue weighted by Gasteiger charge is 2.23. The van der Waals surface area contributed by atoms with Crippen LogP contribution in [-0.2, 0) is 4.79 Å². The summed E-state index contributed by atoms with van der Waals surface area (Å²) in [6, 6.07) is 0. The summed E-state index contributed by atoms with van der Waals surface area (Å²) in [4.78, 5) is 10.5. The zero-order valence-corrected chi connectivity index (χ0v) is 6.34. The highest BCUT2D eigenvalue weighted by Crippen LogP contribution is 2.28. The minimum Gasteiger partial charge on any atom is -0.481 e. The maximum absolute atomic E-state index is 10.5. The highest BCUT2D eigenvalue weighted by molar-refractivity contribution is 5.70. The number of hydrogen-bond donors (Lipinski definition) is 1. The smallest absolute Gasteiger partial charge is 0.306 e. The first-order chi connectivity index (χ1) is 4.70. The zero-order chi connectivity index (χ0) is 7.56. The van der Waals surface area contributed by atoms with Crippen molar-refractivity contribution in [1.29, 1.82) is 0 Å². The van der Waals surface area contributed by atoms with Crippen LogP contribution in [0.25, 0.3) is 0 Å². The van der Waals surface area contributed by atoms with Crippen LogP contribution in [0.4, 0.5) is 0 Å². The van der Waals surface area contributed by atoms with Crippen LogP contribution >= 0.6 is 0 Å². The fourth-order valence-electron chi connectivity index (χ4n) is 1.66. The topological polar surface area (TPSA) is 37.3 Å². The molecule has 1 saturated carbocycles. The molecule has 2 nitrogen and oxygen atoms in total. The summed E-state index contributed by atoms with van der Waals surface area (Å²) < 4.78 is 0. The second-order valence-corrected chi connectivity index (χ2v) is 3.31. The Balaban J connectivity index is 2.39. The Labute approximate surface area is 61.2 Å². The van der Waals surface area contributed by atoms with E-state index in [0.29, 0.717) is 5.92 Å². The number of carboxylic acids is 1. The van der Waals surface area contributed by atoms with E-state index in [9.17, 15) is 4.79 Å². The molecule has 1 N–H and O–H groups in total. The molecule has 0 heterocycles. The largest absolute Gasteiger partial charge is 0.481 e. The Morgan fingerprint density at radius 1 is 1.50 bits per heavy atom. The Morgan fingerprint density at radius 3 is 2.60 bits per heavy atom. The monoisotopic (exact) mass is 142 g/mol. The Morgan fingerprint density at radius 2 is 2.20 bits per heavy atom. The molecule has 1 aliphatic rings. The van der Waals surface area contributed by atoms with Gasteiger partial charge in [-0.1, -0.05) is 19.8 Å². The molecule has 0 unspecified atom stereocenters. The summed E-state index contributed by atoms with van der Waals surface area (Å²) in [5.41, 5.74) is 0. The average molecular weight is 142 g/mol. The van der Waals surface area contributed by atoms with Gasteiger partial charge in [0.25, 0.3) is 0 Å². The van der Waals surface area contributed by atoms with E-state index in [1.807, 2.05) is 0 Å². The third-order valence-corrected chi connectivity index (χ3v) is 2.29. The standard InChI is InChI=1S/C8H14O2/c1-6-3-2-4-7(5-6)8(9)10/h6-7H,2-5H2,1H3,(H,9,10)/t6-,7-/m1/s1. The fourth-order valence-corrected chi connectivity index (χ4v) is 1.66. The summed E-state index contributed by atoms with van der Waals surface area (Å²) >= 11 is 0. The van der Waals surface area contributed by atoms with Crippen molar-refractivity contribution in [3.63, 3.8) is 0 Å². The van der Waals surface area contributed by atoms with Gasteiger partial charge in [-0.25, -0.2) is 0 Å². The van der Waals surface area contributed by atoms with Crippen molar-refractivity contribution in [2.24, 2.45) is 11.8 Å². The lowest BCUT2D eigenvalue weighted by Crippen LogP contribution is -2.20. The molecule has 0 bridgehead atoms. The van der Waals surface area contributed by atoms with Gasteiger partial charge in [-0.15, -0.1) is 0 Å². The fraction of sp³-hybridized carbons (Fsp3) is 0.875. The third kappa shape index (κ3) is 1.72. The molecule has 1 aliphatic carbocycles. The molecule has 10 heavy (non-hydrogen) atoms. The summed E-state index contributed by atoms with van der Waals surface area (Å²) in [5.74, 6) is -0.0369. The molecule has 0 saturated heterocycles. The quantitative estimate of drug-likeness (QED) is 0.607. The van der Waals surface area contributed by atoms with Gasteiger partial charge in [0.1, 0.15) is 0 Å². The maximum Gasteiger partial charge on any atom is 0.306 e. The second-order valence-electron chi connectivity index (χ2n) is 3.31. The molecular weight excluding hydrogens is 128 g/mol. The van der Waals surface area contributed by atoms with Gasteiger partial charge in [-0.2, -0.15) is 0 Å². The van der Waals surface area contributed by atoms with E-state index in [2.05, 4.69) is 6.92 Å². The molecule has 58 valence electrons. The van der Waals surface area contributed by atoms with Crippen LogP contribution in [0.1, 0.15) is 32.6 Å². The molecule has 0 aromatic heterocycles. The van der Waals surface area contributed by atoms with Crippen molar-refractivity contribution in [3.8, 4) is 0 Å². The number of carboxylic acid groups (broad SMARTS) is 1. The zero-order valence-electron chi connectivity index (χ0n) is 6.34. The predicted molar refractivity (Wildman–Crippen MR) is 38.8 cm³/mol. The molecule has 2 atom stereocenters. The molecule has 1 fully saturated rings. The molecule has 0 aliphatic heterocycles. The minimum atomic E-state index is -0.605. The van der Waals surface area contributed by atoms with Crippen molar-refractivity contribution in [3.05, 3.63) is 0 Å². The van der Waals surface area contributed by atoms with Crippen molar-refractivity contribution < 1.29 is 9.90 Å². The summed E-state index contributed by atoms with van der Waals surface area (Å²) in [7, 11) is 0. The Bertz CT molecular complexity index is 131. The van der Waals surface area contributed by atoms with Gasteiger partial charge in [0.15, 0.2) is 0 Å². The van der Waals surface area contributed by atoms with Gasteiger partial charge in [-0.05, 0) is 18.8 Å². The summed E-state index contributed by atoms with van der Waals surface area (Å²) in [5, 5.41) is 8.66. The average Bonchev–Trinajstić information content (AvgIpc) is 1.88.